The number of carbonyl (C=O) groups excluding carboxylic acids is 1. The van der Waals surface area contributed by atoms with Crippen molar-refractivity contribution in [1.29, 1.82) is 0 Å². The lowest BCUT2D eigenvalue weighted by Gasteiger charge is -2.37. The van der Waals surface area contributed by atoms with Crippen molar-refractivity contribution < 1.29 is 49.3 Å². The molecule has 26 heavy (non-hydrogen) atoms. The molecule has 0 spiro atoms. The maximum Gasteiger partial charge on any atom is 0.335 e. The van der Waals surface area contributed by atoms with E-state index in [4.69, 9.17) is 19.3 Å². The molecule has 10 heteroatoms. The van der Waals surface area contributed by atoms with Crippen molar-refractivity contribution in [3.8, 4) is 11.5 Å². The van der Waals surface area contributed by atoms with Gasteiger partial charge < -0.3 is 39.7 Å². The molecule has 5 atom stereocenters. The van der Waals surface area contributed by atoms with Crippen LogP contribution in [0.5, 0.6) is 11.5 Å². The van der Waals surface area contributed by atoms with Gasteiger partial charge in [0.05, 0.1) is 7.11 Å². The summed E-state index contributed by atoms with van der Waals surface area (Å²) in [5.74, 6) is -2.48. The molecule has 1 heterocycles. The molecule has 10 nitrogen and oxygen atoms in total. The number of ether oxygens (including phenoxy) is 3. The van der Waals surface area contributed by atoms with Crippen molar-refractivity contribution in [2.45, 2.75) is 30.7 Å². The molecule has 1 saturated heterocycles. The maximum atomic E-state index is 11.8. The maximum absolute atomic E-state index is 11.8. The van der Waals surface area contributed by atoms with Crippen molar-refractivity contribution in [2.75, 3.05) is 7.11 Å². The standard InChI is InChI=1S/C16H18O10/c1-24-9-6-7(2-4-8(9)17)3-5-10(18)25-16-13(21)11(19)12(20)14(26-16)15(22)23/h2-6,11-14,16-17,19-21H,1H3,(H,22,23)/b5-3+/t11-,12-,13+,14-,16+/m0/s1. The van der Waals surface area contributed by atoms with Gasteiger partial charge in [-0.2, -0.15) is 0 Å². The summed E-state index contributed by atoms with van der Waals surface area (Å²) in [5, 5.41) is 47.4. The minimum atomic E-state index is -1.88. The molecule has 142 valence electrons. The number of aliphatic hydroxyl groups is 3. The number of phenols is 1. The summed E-state index contributed by atoms with van der Waals surface area (Å²) < 4.78 is 14.5. The lowest BCUT2D eigenvalue weighted by atomic mass is 9.99. The molecule has 1 aliphatic heterocycles. The molecule has 0 amide bonds. The summed E-state index contributed by atoms with van der Waals surface area (Å²) in [7, 11) is 1.36. The lowest BCUT2D eigenvalue weighted by Crippen LogP contribution is -2.60. The third-order valence-corrected chi connectivity index (χ3v) is 3.66. The summed E-state index contributed by atoms with van der Waals surface area (Å²) in [6.07, 6.45) is -6.93. The van der Waals surface area contributed by atoms with Crippen LogP contribution in [0.25, 0.3) is 6.08 Å². The zero-order valence-electron chi connectivity index (χ0n) is 13.6. The second kappa shape index (κ2) is 8.15. The largest absolute Gasteiger partial charge is 0.504 e. The number of aromatic hydroxyl groups is 1. The minimum Gasteiger partial charge on any atom is -0.504 e. The third kappa shape index (κ3) is 4.29. The van der Waals surface area contributed by atoms with E-state index in [0.717, 1.165) is 6.08 Å². The van der Waals surface area contributed by atoms with Crippen molar-refractivity contribution in [1.82, 2.24) is 0 Å². The second-order valence-corrected chi connectivity index (χ2v) is 5.44. The van der Waals surface area contributed by atoms with Crippen molar-refractivity contribution >= 4 is 18.0 Å². The Morgan fingerprint density at radius 2 is 1.85 bits per heavy atom. The molecule has 0 radical (unpaired) electrons. The molecule has 0 saturated carbocycles. The van der Waals surface area contributed by atoms with E-state index >= 15 is 0 Å². The summed E-state index contributed by atoms with van der Waals surface area (Å²) in [5.41, 5.74) is 0.487. The average molecular weight is 370 g/mol. The number of rotatable bonds is 5. The Morgan fingerprint density at radius 3 is 2.46 bits per heavy atom. The Morgan fingerprint density at radius 1 is 1.15 bits per heavy atom. The van der Waals surface area contributed by atoms with Gasteiger partial charge in [0.15, 0.2) is 17.6 Å². The van der Waals surface area contributed by atoms with E-state index in [9.17, 15) is 30.0 Å². The molecule has 5 N–H and O–H groups in total. The van der Waals surface area contributed by atoms with E-state index in [1.54, 1.807) is 0 Å². The van der Waals surface area contributed by atoms with Gasteiger partial charge in [-0.25, -0.2) is 9.59 Å². The number of hydrogen-bond donors (Lipinski definition) is 5. The Kier molecular flexibility index (Phi) is 6.16. The average Bonchev–Trinajstić information content (AvgIpc) is 2.61. The number of benzene rings is 1. The fraction of sp³-hybridized carbons (Fsp3) is 0.375. The first-order valence-electron chi connectivity index (χ1n) is 7.42. The Bertz CT molecular complexity index is 700. The fourth-order valence-corrected chi connectivity index (χ4v) is 2.27. The fourth-order valence-electron chi connectivity index (χ4n) is 2.27. The molecule has 0 aliphatic carbocycles. The predicted octanol–water partition coefficient (Wildman–Crippen LogP) is -1.15. The molecule has 0 unspecified atom stereocenters. The summed E-state index contributed by atoms with van der Waals surface area (Å²) in [6.45, 7) is 0. The van der Waals surface area contributed by atoms with Crippen LogP contribution in [0.15, 0.2) is 24.3 Å². The number of aliphatic hydroxyl groups excluding tert-OH is 3. The molecule has 1 aliphatic rings. The van der Waals surface area contributed by atoms with Crippen molar-refractivity contribution in [3.05, 3.63) is 29.8 Å². The number of esters is 1. The highest BCUT2D eigenvalue weighted by Crippen LogP contribution is 2.27. The predicted molar refractivity (Wildman–Crippen MR) is 84.1 cm³/mol. The molecule has 1 aromatic rings. The van der Waals surface area contributed by atoms with Gasteiger partial charge in [-0.15, -0.1) is 0 Å². The Labute approximate surface area is 147 Å². The van der Waals surface area contributed by atoms with E-state index < -0.39 is 42.6 Å². The smallest absolute Gasteiger partial charge is 0.335 e. The zero-order chi connectivity index (χ0) is 19.4. The number of phenolic OH excluding ortho intramolecular Hbond substituents is 1. The normalized spacial score (nSPS) is 28.7. The van der Waals surface area contributed by atoms with Gasteiger partial charge >= 0.3 is 11.9 Å². The highest BCUT2D eigenvalue weighted by Gasteiger charge is 2.48. The van der Waals surface area contributed by atoms with Gasteiger partial charge in [0, 0.05) is 6.08 Å². The number of methoxy groups -OCH3 is 1. The monoisotopic (exact) mass is 370 g/mol. The Balaban J connectivity index is 2.05. The van der Waals surface area contributed by atoms with E-state index in [-0.39, 0.29) is 11.5 Å². The zero-order valence-corrected chi connectivity index (χ0v) is 13.6. The lowest BCUT2D eigenvalue weighted by molar-refractivity contribution is -0.284. The van der Waals surface area contributed by atoms with Gasteiger partial charge in [0.2, 0.25) is 6.29 Å². The number of hydrogen-bond acceptors (Lipinski definition) is 9. The van der Waals surface area contributed by atoms with Crippen LogP contribution in [0, 0.1) is 0 Å². The summed E-state index contributed by atoms with van der Waals surface area (Å²) in [6, 6.07) is 4.30. The second-order valence-electron chi connectivity index (χ2n) is 5.44. The van der Waals surface area contributed by atoms with Gasteiger partial charge in [-0.3, -0.25) is 0 Å². The van der Waals surface area contributed by atoms with E-state index in [1.807, 2.05) is 0 Å². The molecule has 1 aromatic carbocycles. The van der Waals surface area contributed by atoms with E-state index in [2.05, 4.69) is 0 Å². The van der Waals surface area contributed by atoms with Crippen LogP contribution >= 0.6 is 0 Å². The van der Waals surface area contributed by atoms with Crippen LogP contribution in [0.2, 0.25) is 0 Å². The molecule has 1 fully saturated rings. The van der Waals surface area contributed by atoms with Gasteiger partial charge in [-0.05, 0) is 23.8 Å². The van der Waals surface area contributed by atoms with Crippen LogP contribution < -0.4 is 4.74 Å². The highest BCUT2D eigenvalue weighted by atomic mass is 16.7. The summed E-state index contributed by atoms with van der Waals surface area (Å²) in [4.78, 5) is 22.8. The first-order chi connectivity index (χ1) is 12.2. The van der Waals surface area contributed by atoms with Crippen LogP contribution in [-0.2, 0) is 19.1 Å². The quantitative estimate of drug-likeness (QED) is 0.316. The molecular formula is C16H18O10. The minimum absolute atomic E-state index is 0.0850. The summed E-state index contributed by atoms with van der Waals surface area (Å²) >= 11 is 0. The SMILES string of the molecule is COc1cc(/C=C/C(=O)O[C@@H]2O[C@H](C(=O)O)[C@@H](O)[C@H](O)[C@H]2O)ccc1O. The van der Waals surface area contributed by atoms with E-state index in [0.29, 0.717) is 5.56 Å². The van der Waals surface area contributed by atoms with Gasteiger partial charge in [0.1, 0.15) is 18.3 Å². The topological polar surface area (TPSA) is 163 Å². The van der Waals surface area contributed by atoms with Crippen LogP contribution in [0.4, 0.5) is 0 Å². The number of carbonyl (C=O) groups is 2. The first-order valence-corrected chi connectivity index (χ1v) is 7.42. The molecular weight excluding hydrogens is 352 g/mol. The van der Waals surface area contributed by atoms with Crippen molar-refractivity contribution in [2.24, 2.45) is 0 Å². The highest BCUT2D eigenvalue weighted by molar-refractivity contribution is 5.87. The number of carboxylic acids is 1. The third-order valence-electron chi connectivity index (χ3n) is 3.66. The van der Waals surface area contributed by atoms with Gasteiger partial charge in [-0.1, -0.05) is 6.07 Å². The Hall–Kier alpha value is -2.66. The van der Waals surface area contributed by atoms with E-state index in [1.165, 1.54) is 31.4 Å². The van der Waals surface area contributed by atoms with Crippen molar-refractivity contribution in [3.63, 3.8) is 0 Å². The number of carboxylic acid groups (broad SMARTS) is 1. The molecule has 0 aromatic heterocycles. The van der Waals surface area contributed by atoms with Crippen LogP contribution in [-0.4, -0.2) is 75.3 Å². The molecule has 2 rings (SSSR count). The first kappa shape index (κ1) is 19.7. The molecule has 0 bridgehead atoms. The number of aliphatic carboxylic acids is 1. The van der Waals surface area contributed by atoms with Crippen LogP contribution in [0.1, 0.15) is 5.56 Å². The van der Waals surface area contributed by atoms with Crippen LogP contribution in [0.3, 0.4) is 0 Å². The van der Waals surface area contributed by atoms with Gasteiger partial charge in [0.25, 0.3) is 0 Å².